The van der Waals surface area contributed by atoms with Crippen LogP contribution in [-0.2, 0) is 15.5 Å². The van der Waals surface area contributed by atoms with E-state index in [1.165, 1.54) is 0 Å². The van der Waals surface area contributed by atoms with Gasteiger partial charge in [-0.25, -0.2) is 4.89 Å². The zero-order valence-corrected chi connectivity index (χ0v) is 15.9. The van der Waals surface area contributed by atoms with E-state index < -0.39 is 5.72 Å². The minimum absolute atomic E-state index is 0.390. The molecule has 0 bridgehead atoms. The van der Waals surface area contributed by atoms with E-state index in [1.54, 1.807) is 0 Å². The molecule has 0 saturated carbocycles. The van der Waals surface area contributed by atoms with Gasteiger partial charge in [-0.05, 0) is 12.1 Å². The third-order valence-corrected chi connectivity index (χ3v) is 5.28. The maximum absolute atomic E-state index is 6.27. The Balaban J connectivity index is 1.77. The van der Waals surface area contributed by atoms with Crippen molar-refractivity contribution in [3.8, 4) is 0 Å². The Hall–Kier alpha value is -3.40. The number of anilines is 1. The van der Waals surface area contributed by atoms with E-state index in [-0.39, 0.29) is 6.23 Å². The normalized spacial score (nSPS) is 17.9. The highest BCUT2D eigenvalue weighted by molar-refractivity contribution is 5.57. The Kier molecular flexibility index (Phi) is 4.60. The molecular weight excluding hydrogens is 358 g/mol. The van der Waals surface area contributed by atoms with Gasteiger partial charge < -0.3 is 4.90 Å². The van der Waals surface area contributed by atoms with Crippen molar-refractivity contribution >= 4 is 5.69 Å². The molecule has 0 radical (unpaired) electrons. The number of nitrogens with zero attached hydrogens (tertiary/aromatic N) is 1. The van der Waals surface area contributed by atoms with Gasteiger partial charge in [0.15, 0.2) is 6.23 Å². The minimum atomic E-state index is -0.912. The van der Waals surface area contributed by atoms with Gasteiger partial charge in [-0.2, -0.15) is 4.89 Å². The lowest BCUT2D eigenvalue weighted by atomic mass is 9.91. The number of benzene rings is 4. The average Bonchev–Trinajstić information content (AvgIpc) is 3.23. The molecule has 1 heterocycles. The van der Waals surface area contributed by atoms with E-state index in [0.29, 0.717) is 0 Å². The number of para-hydroxylation sites is 1. The fourth-order valence-electron chi connectivity index (χ4n) is 3.96. The van der Waals surface area contributed by atoms with Gasteiger partial charge in [-0.1, -0.05) is 109 Å². The van der Waals surface area contributed by atoms with Gasteiger partial charge in [0.05, 0.1) is 0 Å². The molecule has 1 fully saturated rings. The topological polar surface area (TPSA) is 21.7 Å². The summed E-state index contributed by atoms with van der Waals surface area (Å²) >= 11 is 0. The summed E-state index contributed by atoms with van der Waals surface area (Å²) in [7, 11) is 0. The first-order chi connectivity index (χ1) is 14.4. The molecule has 0 aromatic heterocycles. The molecule has 1 aliphatic heterocycles. The second-order valence-corrected chi connectivity index (χ2v) is 7.02. The molecule has 5 rings (SSSR count). The molecule has 4 aromatic carbocycles. The highest BCUT2D eigenvalue weighted by atomic mass is 17.2. The molecular formula is C26H21NO2. The van der Waals surface area contributed by atoms with Crippen LogP contribution in [0, 0.1) is 0 Å². The summed E-state index contributed by atoms with van der Waals surface area (Å²) in [5.74, 6) is 0. The van der Waals surface area contributed by atoms with Crippen LogP contribution in [0.15, 0.2) is 121 Å². The summed E-state index contributed by atoms with van der Waals surface area (Å²) in [4.78, 5) is 14.5. The lowest BCUT2D eigenvalue weighted by Crippen LogP contribution is -2.44. The van der Waals surface area contributed by atoms with Crippen LogP contribution >= 0.6 is 0 Å². The highest BCUT2D eigenvalue weighted by Crippen LogP contribution is 2.50. The van der Waals surface area contributed by atoms with Crippen LogP contribution in [0.5, 0.6) is 0 Å². The Bertz CT molecular complexity index is 1010. The largest absolute Gasteiger partial charge is 0.301 e. The van der Waals surface area contributed by atoms with Crippen LogP contribution in [0.25, 0.3) is 0 Å². The fraction of sp³-hybridized carbons (Fsp3) is 0.0769. The second-order valence-electron chi connectivity index (χ2n) is 7.02. The molecule has 0 N–H and O–H groups in total. The van der Waals surface area contributed by atoms with Crippen molar-refractivity contribution in [2.75, 3.05) is 4.90 Å². The maximum atomic E-state index is 6.27. The van der Waals surface area contributed by atoms with E-state index in [9.17, 15) is 0 Å². The predicted molar refractivity (Wildman–Crippen MR) is 114 cm³/mol. The molecule has 1 atom stereocenters. The van der Waals surface area contributed by atoms with Crippen LogP contribution in [0.2, 0.25) is 0 Å². The van der Waals surface area contributed by atoms with Crippen molar-refractivity contribution in [3.05, 3.63) is 138 Å². The molecule has 0 amide bonds. The van der Waals surface area contributed by atoms with Crippen LogP contribution in [0.1, 0.15) is 22.9 Å². The average molecular weight is 379 g/mol. The van der Waals surface area contributed by atoms with Gasteiger partial charge >= 0.3 is 0 Å². The lowest BCUT2D eigenvalue weighted by molar-refractivity contribution is -0.322. The zero-order chi connectivity index (χ0) is 19.5. The standard InChI is InChI=1S/C26H21NO2/c1-5-13-21(14-6-1)25-27(24-19-11-4-12-20-24)26(29-28-25,22-15-7-2-8-16-22)23-17-9-3-10-18-23/h1-20,25H. The molecule has 3 heteroatoms. The first kappa shape index (κ1) is 17.7. The van der Waals surface area contributed by atoms with Crippen molar-refractivity contribution in [2.24, 2.45) is 0 Å². The van der Waals surface area contributed by atoms with Crippen molar-refractivity contribution in [3.63, 3.8) is 0 Å². The number of hydrogen-bond acceptors (Lipinski definition) is 3. The summed E-state index contributed by atoms with van der Waals surface area (Å²) < 4.78 is 0. The molecule has 1 aliphatic rings. The molecule has 0 aliphatic carbocycles. The molecule has 3 nitrogen and oxygen atoms in total. The van der Waals surface area contributed by atoms with Crippen molar-refractivity contribution < 1.29 is 9.78 Å². The third-order valence-electron chi connectivity index (χ3n) is 5.28. The van der Waals surface area contributed by atoms with Gasteiger partial charge in [0, 0.05) is 22.4 Å². The van der Waals surface area contributed by atoms with Gasteiger partial charge in [0.1, 0.15) is 0 Å². The van der Waals surface area contributed by atoms with Gasteiger partial charge in [-0.15, -0.1) is 0 Å². The highest BCUT2D eigenvalue weighted by Gasteiger charge is 2.53. The quantitative estimate of drug-likeness (QED) is 0.403. The van der Waals surface area contributed by atoms with Crippen molar-refractivity contribution in [1.29, 1.82) is 0 Å². The van der Waals surface area contributed by atoms with E-state index in [4.69, 9.17) is 9.78 Å². The van der Waals surface area contributed by atoms with Crippen LogP contribution < -0.4 is 4.90 Å². The molecule has 4 aromatic rings. The summed E-state index contributed by atoms with van der Waals surface area (Å²) in [6.07, 6.45) is -0.390. The Labute approximate surface area is 170 Å². The van der Waals surface area contributed by atoms with Crippen LogP contribution in [0.3, 0.4) is 0 Å². The predicted octanol–water partition coefficient (Wildman–Crippen LogP) is 6.05. The Morgan fingerprint density at radius 2 is 1.00 bits per heavy atom. The molecule has 142 valence electrons. The van der Waals surface area contributed by atoms with Gasteiger partial charge in [-0.3, -0.25) is 0 Å². The third kappa shape index (κ3) is 3.01. The smallest absolute Gasteiger partial charge is 0.229 e. The number of rotatable bonds is 4. The summed E-state index contributed by atoms with van der Waals surface area (Å²) in [5, 5.41) is 0. The molecule has 0 spiro atoms. The van der Waals surface area contributed by atoms with E-state index in [2.05, 4.69) is 53.4 Å². The maximum Gasteiger partial charge on any atom is 0.229 e. The zero-order valence-electron chi connectivity index (χ0n) is 15.9. The molecule has 29 heavy (non-hydrogen) atoms. The molecule has 1 unspecified atom stereocenters. The van der Waals surface area contributed by atoms with E-state index in [1.807, 2.05) is 72.8 Å². The van der Waals surface area contributed by atoms with Crippen molar-refractivity contribution in [1.82, 2.24) is 0 Å². The van der Waals surface area contributed by atoms with Crippen molar-refractivity contribution in [2.45, 2.75) is 12.0 Å². The summed E-state index contributed by atoms with van der Waals surface area (Å²) in [6, 6.07) is 40.9. The van der Waals surface area contributed by atoms with Gasteiger partial charge in [0.2, 0.25) is 5.72 Å². The van der Waals surface area contributed by atoms with Gasteiger partial charge in [0.25, 0.3) is 0 Å². The first-order valence-electron chi connectivity index (χ1n) is 9.74. The number of hydrogen-bond donors (Lipinski definition) is 0. The second kappa shape index (κ2) is 7.55. The first-order valence-corrected chi connectivity index (χ1v) is 9.74. The lowest BCUT2D eigenvalue weighted by Gasteiger charge is -2.38. The van der Waals surface area contributed by atoms with E-state index in [0.717, 1.165) is 22.4 Å². The summed E-state index contributed by atoms with van der Waals surface area (Å²) in [5.41, 5.74) is 3.16. The Morgan fingerprint density at radius 1 is 0.552 bits per heavy atom. The SMILES string of the molecule is c1ccc(C2OOC(c3ccccc3)(c3ccccc3)N2c2ccccc2)cc1. The fourth-order valence-corrected chi connectivity index (χ4v) is 3.96. The van der Waals surface area contributed by atoms with E-state index >= 15 is 0 Å². The monoisotopic (exact) mass is 379 g/mol. The van der Waals surface area contributed by atoms with Crippen LogP contribution in [0.4, 0.5) is 5.69 Å². The Morgan fingerprint density at radius 3 is 1.52 bits per heavy atom. The van der Waals surface area contributed by atoms with Crippen LogP contribution in [-0.4, -0.2) is 0 Å². The minimum Gasteiger partial charge on any atom is -0.301 e. The molecule has 1 saturated heterocycles. The summed E-state index contributed by atoms with van der Waals surface area (Å²) in [6.45, 7) is 0.